The van der Waals surface area contributed by atoms with Gasteiger partial charge in [-0.05, 0) is 31.2 Å². The van der Waals surface area contributed by atoms with Crippen molar-refractivity contribution in [3.05, 3.63) is 0 Å². The summed E-state index contributed by atoms with van der Waals surface area (Å²) >= 11 is 0. The van der Waals surface area contributed by atoms with Crippen LogP contribution in [0.25, 0.3) is 0 Å². The molecule has 5 aliphatic carbocycles. The van der Waals surface area contributed by atoms with Gasteiger partial charge in [0, 0.05) is 59.0 Å². The molecule has 13 atom stereocenters. The molecular weight excluding hydrogens is 466 g/mol. The summed E-state index contributed by atoms with van der Waals surface area (Å²) < 4.78 is 38.7. The van der Waals surface area contributed by atoms with Crippen LogP contribution >= 0.6 is 0 Å². The summed E-state index contributed by atoms with van der Waals surface area (Å²) in [5.41, 5.74) is -3.94. The molecule has 4 unspecified atom stereocenters. The number of nitrogens with zero attached hydrogens (tertiary/aromatic N) is 1. The Morgan fingerprint density at radius 1 is 1.11 bits per heavy atom. The molecule has 7 rings (SSSR count). The van der Waals surface area contributed by atoms with Crippen LogP contribution < -0.4 is 0 Å². The molecule has 1 N–H and O–H groups in total. The fourth-order valence-electron chi connectivity index (χ4n) is 11.7. The van der Waals surface area contributed by atoms with E-state index in [9.17, 15) is 9.90 Å². The molecule has 36 heavy (non-hydrogen) atoms. The van der Waals surface area contributed by atoms with Crippen molar-refractivity contribution in [3.63, 3.8) is 0 Å². The molecule has 9 heteroatoms. The smallest absolute Gasteiger partial charge is 0.303 e. The molecule has 2 heterocycles. The van der Waals surface area contributed by atoms with Gasteiger partial charge in [-0.3, -0.25) is 9.69 Å². The molecule has 5 saturated carbocycles. The minimum Gasteiger partial charge on any atom is -0.459 e. The lowest BCUT2D eigenvalue weighted by Gasteiger charge is -2.71. The summed E-state index contributed by atoms with van der Waals surface area (Å²) in [6.45, 7) is 7.72. The fourth-order valence-corrected chi connectivity index (χ4v) is 11.7. The number of carbonyl (C=O) groups excluding carboxylic acids is 1. The van der Waals surface area contributed by atoms with Crippen LogP contribution in [-0.2, 0) is 33.2 Å². The zero-order valence-electron chi connectivity index (χ0n) is 22.3. The van der Waals surface area contributed by atoms with E-state index in [2.05, 4.69) is 18.7 Å². The van der Waals surface area contributed by atoms with Crippen molar-refractivity contribution in [1.29, 1.82) is 0 Å². The zero-order valence-corrected chi connectivity index (χ0v) is 22.3. The van der Waals surface area contributed by atoms with Gasteiger partial charge in [-0.1, -0.05) is 13.8 Å². The zero-order chi connectivity index (χ0) is 25.5. The maximum Gasteiger partial charge on any atom is 0.303 e. The van der Waals surface area contributed by atoms with Gasteiger partial charge in [0.05, 0.1) is 35.4 Å². The van der Waals surface area contributed by atoms with Crippen molar-refractivity contribution in [2.24, 2.45) is 28.6 Å². The first kappa shape index (κ1) is 24.2. The van der Waals surface area contributed by atoms with E-state index < -0.39 is 28.3 Å². The summed E-state index contributed by atoms with van der Waals surface area (Å²) in [6.07, 6.45) is 1.69. The van der Waals surface area contributed by atoms with Crippen LogP contribution in [0.15, 0.2) is 0 Å². The number of ether oxygens (including phenoxy) is 6. The van der Waals surface area contributed by atoms with Crippen molar-refractivity contribution < 1.29 is 38.3 Å². The first-order valence-corrected chi connectivity index (χ1v) is 13.7. The molecule has 0 radical (unpaired) electrons. The molecule has 3 spiro atoms. The van der Waals surface area contributed by atoms with Crippen molar-refractivity contribution in [2.45, 2.75) is 93.7 Å². The molecule has 2 saturated heterocycles. The first-order valence-electron chi connectivity index (χ1n) is 13.7. The van der Waals surface area contributed by atoms with Crippen LogP contribution in [0.3, 0.4) is 0 Å². The van der Waals surface area contributed by atoms with Gasteiger partial charge in [-0.25, -0.2) is 0 Å². The first-order chi connectivity index (χ1) is 17.2. The summed E-state index contributed by atoms with van der Waals surface area (Å²) in [6, 6.07) is -0.224. The number of hydrogen-bond donors (Lipinski definition) is 1. The second-order valence-corrected chi connectivity index (χ2v) is 12.9. The Bertz CT molecular complexity index is 979. The second-order valence-electron chi connectivity index (χ2n) is 12.9. The number of hydrogen-bond acceptors (Lipinski definition) is 9. The van der Waals surface area contributed by atoms with Gasteiger partial charge in [0.2, 0.25) is 0 Å². The Morgan fingerprint density at radius 3 is 2.53 bits per heavy atom. The molecule has 0 amide bonds. The fraction of sp³-hybridized carbons (Fsp3) is 0.963. The van der Waals surface area contributed by atoms with Gasteiger partial charge < -0.3 is 33.5 Å². The Kier molecular flexibility index (Phi) is 4.87. The van der Waals surface area contributed by atoms with E-state index in [-0.39, 0.29) is 60.3 Å². The third-order valence-corrected chi connectivity index (χ3v) is 12.2. The highest BCUT2D eigenvalue weighted by atomic mass is 16.7. The number of likely N-dealkylation sites (tertiary alicyclic amines) is 1. The topological polar surface area (TPSA) is 95.9 Å². The van der Waals surface area contributed by atoms with Crippen LogP contribution in [0.2, 0.25) is 0 Å². The molecule has 2 aliphatic heterocycles. The maximum atomic E-state index is 13.4. The Labute approximate surface area is 213 Å². The molecule has 0 aromatic heterocycles. The van der Waals surface area contributed by atoms with Crippen molar-refractivity contribution in [1.82, 2.24) is 4.90 Å². The van der Waals surface area contributed by atoms with E-state index in [4.69, 9.17) is 28.4 Å². The van der Waals surface area contributed by atoms with E-state index in [0.29, 0.717) is 12.8 Å². The second kappa shape index (κ2) is 7.23. The summed E-state index contributed by atoms with van der Waals surface area (Å²) in [5.74, 6) is -0.771. The number of fused-ring (bicyclic) bond motifs is 1. The SMILES string of the molecule is CCN1C[C@]2(C)CC[C@H](OC)C34C2[C@H](OC(C)=O)C2(OCO[C@@]25C[C@H](OC)[C@H]2C[C@]3(O)C5[C@H]2OC)[C@H]14. The van der Waals surface area contributed by atoms with E-state index in [1.807, 2.05) is 0 Å². The Balaban J connectivity index is 1.61. The van der Waals surface area contributed by atoms with Crippen LogP contribution in [-0.4, -0.2) is 104 Å². The molecule has 7 fully saturated rings. The number of esters is 1. The van der Waals surface area contributed by atoms with Gasteiger partial charge in [0.25, 0.3) is 0 Å². The predicted octanol–water partition coefficient (Wildman–Crippen LogP) is 1.35. The highest BCUT2D eigenvalue weighted by molar-refractivity contribution is 5.67. The number of aliphatic hydroxyl groups is 1. The molecule has 0 aromatic rings. The molecule has 0 aromatic carbocycles. The van der Waals surface area contributed by atoms with Crippen molar-refractivity contribution in [3.8, 4) is 0 Å². The van der Waals surface area contributed by atoms with Gasteiger partial charge >= 0.3 is 5.97 Å². The van der Waals surface area contributed by atoms with Gasteiger partial charge in [0.1, 0.15) is 18.5 Å². The lowest BCUT2D eigenvalue weighted by atomic mass is 9.41. The third-order valence-electron chi connectivity index (χ3n) is 12.2. The lowest BCUT2D eigenvalue weighted by molar-refractivity contribution is -0.332. The van der Waals surface area contributed by atoms with Crippen LogP contribution in [0.5, 0.6) is 0 Å². The van der Waals surface area contributed by atoms with Gasteiger partial charge in [0.15, 0.2) is 5.60 Å². The molecule has 7 aliphatic rings. The van der Waals surface area contributed by atoms with Crippen molar-refractivity contribution in [2.75, 3.05) is 41.2 Å². The van der Waals surface area contributed by atoms with Crippen LogP contribution in [0, 0.1) is 28.6 Å². The Hall–Kier alpha value is -0.810. The highest BCUT2D eigenvalue weighted by Crippen LogP contribution is 2.83. The molecule has 202 valence electrons. The monoisotopic (exact) mass is 507 g/mol. The van der Waals surface area contributed by atoms with Gasteiger partial charge in [-0.15, -0.1) is 0 Å². The van der Waals surface area contributed by atoms with Gasteiger partial charge in [-0.2, -0.15) is 0 Å². The lowest BCUT2D eigenvalue weighted by Crippen LogP contribution is -2.85. The minimum absolute atomic E-state index is 0.0317. The standard InChI is InChI=1S/C27H41NO8/c1-7-28-12-23(3)9-8-17(32-5)26-20(23)21(36-14(2)29)27(22(26)28)25(34-13-35-27)11-16(31-4)15-10-24(26,30)19(25)18(15)33-6/h15-22,30H,7-13H2,1-6H3/t15-,16+,17+,18+,19?,20?,21+,22-,23+,24+,25-,26?,27?/m1/s1. The summed E-state index contributed by atoms with van der Waals surface area (Å²) in [7, 11) is 5.23. The number of carbonyl (C=O) groups is 1. The average Bonchev–Trinajstić information content (AvgIpc) is 3.40. The van der Waals surface area contributed by atoms with E-state index in [1.165, 1.54) is 6.92 Å². The number of likely N-dealkylation sites (N-methyl/N-ethyl adjacent to an activating group) is 1. The number of methoxy groups -OCH3 is 3. The van der Waals surface area contributed by atoms with Crippen LogP contribution in [0.4, 0.5) is 0 Å². The normalized spacial score (nSPS) is 60.2. The average molecular weight is 508 g/mol. The number of piperidine rings is 1. The van der Waals surface area contributed by atoms with E-state index in [1.54, 1.807) is 21.3 Å². The maximum absolute atomic E-state index is 13.4. The molecule has 7 bridgehead atoms. The van der Waals surface area contributed by atoms with E-state index >= 15 is 0 Å². The highest BCUT2D eigenvalue weighted by Gasteiger charge is 2.97. The quantitative estimate of drug-likeness (QED) is 0.553. The van der Waals surface area contributed by atoms with Crippen molar-refractivity contribution >= 4 is 5.97 Å². The minimum atomic E-state index is -1.16. The number of rotatable bonds is 5. The summed E-state index contributed by atoms with van der Waals surface area (Å²) in [5, 5.41) is 13.4. The van der Waals surface area contributed by atoms with Crippen LogP contribution in [0.1, 0.15) is 46.5 Å². The Morgan fingerprint density at radius 2 is 1.89 bits per heavy atom. The van der Waals surface area contributed by atoms with E-state index in [0.717, 1.165) is 25.9 Å². The largest absolute Gasteiger partial charge is 0.459 e. The third kappa shape index (κ3) is 2.16. The molecular formula is C27H41NO8. The summed E-state index contributed by atoms with van der Waals surface area (Å²) in [4.78, 5) is 15.3. The molecule has 9 nitrogen and oxygen atoms in total. The predicted molar refractivity (Wildman–Crippen MR) is 126 cm³/mol.